The third-order valence-corrected chi connectivity index (χ3v) is 2.23. The second kappa shape index (κ2) is 6.75. The quantitative estimate of drug-likeness (QED) is 0.662. The van der Waals surface area contributed by atoms with Gasteiger partial charge in [0.05, 0.1) is 6.61 Å². The van der Waals surface area contributed by atoms with Crippen molar-refractivity contribution in [3.05, 3.63) is 0 Å². The monoisotopic (exact) mass is 187 g/mol. The number of hydrogen-bond donors (Lipinski definition) is 0. The van der Waals surface area contributed by atoms with Gasteiger partial charge >= 0.3 is 6.09 Å². The molecule has 0 heterocycles. The van der Waals surface area contributed by atoms with Crippen LogP contribution < -0.4 is 0 Å². The Bertz CT molecular complexity index is 148. The van der Waals surface area contributed by atoms with Gasteiger partial charge in [-0.15, -0.1) is 0 Å². The van der Waals surface area contributed by atoms with E-state index in [0.717, 1.165) is 19.4 Å². The van der Waals surface area contributed by atoms with Gasteiger partial charge in [0.25, 0.3) is 0 Å². The van der Waals surface area contributed by atoms with Crippen LogP contribution in [0.25, 0.3) is 0 Å². The highest BCUT2D eigenvalue weighted by molar-refractivity contribution is 5.67. The van der Waals surface area contributed by atoms with E-state index in [1.807, 2.05) is 6.92 Å². The topological polar surface area (TPSA) is 29.5 Å². The van der Waals surface area contributed by atoms with Crippen LogP contribution in [0, 0.1) is 5.92 Å². The molecule has 0 saturated heterocycles. The number of amides is 1. The summed E-state index contributed by atoms with van der Waals surface area (Å²) in [5, 5.41) is 0. The summed E-state index contributed by atoms with van der Waals surface area (Å²) in [7, 11) is 1.78. The Morgan fingerprint density at radius 3 is 2.54 bits per heavy atom. The van der Waals surface area contributed by atoms with Gasteiger partial charge < -0.3 is 9.64 Å². The Hall–Kier alpha value is -0.730. The molecule has 0 aromatic rings. The molecule has 0 spiro atoms. The zero-order valence-corrected chi connectivity index (χ0v) is 9.17. The van der Waals surface area contributed by atoms with Gasteiger partial charge in [-0.2, -0.15) is 0 Å². The van der Waals surface area contributed by atoms with Crippen molar-refractivity contribution in [2.75, 3.05) is 20.2 Å². The van der Waals surface area contributed by atoms with Crippen molar-refractivity contribution in [2.24, 2.45) is 5.92 Å². The average molecular weight is 187 g/mol. The van der Waals surface area contributed by atoms with Crippen LogP contribution in [0.3, 0.4) is 0 Å². The van der Waals surface area contributed by atoms with Gasteiger partial charge in [0.2, 0.25) is 0 Å². The number of carbonyl (C=O) groups is 1. The molecule has 0 bridgehead atoms. The molecule has 0 aliphatic carbocycles. The molecular formula is C10H21NO2. The zero-order chi connectivity index (χ0) is 10.3. The second-order valence-corrected chi connectivity index (χ2v) is 3.42. The fourth-order valence-electron chi connectivity index (χ4n) is 0.943. The third-order valence-electron chi connectivity index (χ3n) is 2.23. The van der Waals surface area contributed by atoms with E-state index in [4.69, 9.17) is 4.74 Å². The molecule has 3 heteroatoms. The highest BCUT2D eigenvalue weighted by Gasteiger charge is 2.09. The van der Waals surface area contributed by atoms with Crippen molar-refractivity contribution in [3.63, 3.8) is 0 Å². The van der Waals surface area contributed by atoms with E-state index in [-0.39, 0.29) is 6.09 Å². The first-order valence-corrected chi connectivity index (χ1v) is 4.99. The molecule has 0 radical (unpaired) electrons. The van der Waals surface area contributed by atoms with Crippen molar-refractivity contribution >= 4 is 6.09 Å². The number of rotatable bonds is 5. The predicted octanol–water partition coefficient (Wildman–Crippen LogP) is 2.51. The summed E-state index contributed by atoms with van der Waals surface area (Å²) in [6.07, 6.45) is 1.99. The van der Waals surface area contributed by atoms with Gasteiger partial charge in [-0.05, 0) is 19.3 Å². The highest BCUT2D eigenvalue weighted by atomic mass is 16.5. The van der Waals surface area contributed by atoms with Gasteiger partial charge in [0, 0.05) is 13.6 Å². The van der Waals surface area contributed by atoms with Crippen molar-refractivity contribution in [1.29, 1.82) is 0 Å². The number of nitrogens with zero attached hydrogens (tertiary/aromatic N) is 1. The minimum Gasteiger partial charge on any atom is -0.450 e. The van der Waals surface area contributed by atoms with E-state index < -0.39 is 0 Å². The first kappa shape index (κ1) is 12.3. The SMILES string of the molecule is CCOC(=O)N(C)CCC(C)CC. The van der Waals surface area contributed by atoms with E-state index >= 15 is 0 Å². The van der Waals surface area contributed by atoms with E-state index in [1.165, 1.54) is 0 Å². The van der Waals surface area contributed by atoms with E-state index in [0.29, 0.717) is 12.5 Å². The lowest BCUT2D eigenvalue weighted by molar-refractivity contribution is 0.114. The number of carbonyl (C=O) groups excluding carboxylic acids is 1. The Balaban J connectivity index is 3.60. The smallest absolute Gasteiger partial charge is 0.409 e. The standard InChI is InChI=1S/C10H21NO2/c1-5-9(3)7-8-11(4)10(12)13-6-2/h9H,5-8H2,1-4H3. The fourth-order valence-corrected chi connectivity index (χ4v) is 0.943. The van der Waals surface area contributed by atoms with Crippen LogP contribution >= 0.6 is 0 Å². The lowest BCUT2D eigenvalue weighted by Gasteiger charge is -2.18. The minimum absolute atomic E-state index is 0.217. The summed E-state index contributed by atoms with van der Waals surface area (Å²) in [4.78, 5) is 12.8. The van der Waals surface area contributed by atoms with Crippen LogP contribution in [-0.4, -0.2) is 31.2 Å². The molecule has 0 saturated carbocycles. The maximum Gasteiger partial charge on any atom is 0.409 e. The Kier molecular flexibility index (Phi) is 6.37. The van der Waals surface area contributed by atoms with Crippen LogP contribution in [0.2, 0.25) is 0 Å². The molecule has 0 aliphatic rings. The summed E-state index contributed by atoms with van der Waals surface area (Å²) in [5.74, 6) is 0.678. The van der Waals surface area contributed by atoms with E-state index in [2.05, 4.69) is 13.8 Å². The largest absolute Gasteiger partial charge is 0.450 e. The normalized spacial score (nSPS) is 12.3. The molecule has 3 nitrogen and oxygen atoms in total. The van der Waals surface area contributed by atoms with Crippen molar-refractivity contribution in [1.82, 2.24) is 4.90 Å². The zero-order valence-electron chi connectivity index (χ0n) is 9.17. The fraction of sp³-hybridized carbons (Fsp3) is 0.900. The Labute approximate surface area is 81.1 Å². The Morgan fingerprint density at radius 2 is 2.08 bits per heavy atom. The van der Waals surface area contributed by atoms with Crippen LogP contribution in [0.4, 0.5) is 4.79 Å². The molecule has 0 N–H and O–H groups in total. The highest BCUT2D eigenvalue weighted by Crippen LogP contribution is 2.07. The molecule has 0 aliphatic heterocycles. The molecule has 78 valence electrons. The van der Waals surface area contributed by atoms with Crippen LogP contribution in [0.1, 0.15) is 33.6 Å². The maximum atomic E-state index is 11.1. The summed E-state index contributed by atoms with van der Waals surface area (Å²) < 4.78 is 4.86. The lowest BCUT2D eigenvalue weighted by atomic mass is 10.1. The van der Waals surface area contributed by atoms with E-state index in [9.17, 15) is 4.79 Å². The molecule has 1 atom stereocenters. The van der Waals surface area contributed by atoms with Crippen molar-refractivity contribution in [3.8, 4) is 0 Å². The molecule has 13 heavy (non-hydrogen) atoms. The first-order chi connectivity index (χ1) is 6.11. The predicted molar refractivity (Wildman–Crippen MR) is 53.7 cm³/mol. The first-order valence-electron chi connectivity index (χ1n) is 4.99. The molecule has 0 aromatic heterocycles. The summed E-state index contributed by atoms with van der Waals surface area (Å²) in [6.45, 7) is 7.41. The molecule has 1 amide bonds. The number of hydrogen-bond acceptors (Lipinski definition) is 2. The molecule has 0 fully saturated rings. The van der Waals surface area contributed by atoms with Crippen LogP contribution in [0.5, 0.6) is 0 Å². The summed E-state index contributed by atoms with van der Waals surface area (Å²) in [6, 6.07) is 0. The molecule has 1 unspecified atom stereocenters. The van der Waals surface area contributed by atoms with Crippen molar-refractivity contribution < 1.29 is 9.53 Å². The molecule has 0 aromatic carbocycles. The maximum absolute atomic E-state index is 11.1. The van der Waals surface area contributed by atoms with Gasteiger partial charge in [-0.3, -0.25) is 0 Å². The molecular weight excluding hydrogens is 166 g/mol. The summed E-state index contributed by atoms with van der Waals surface area (Å²) >= 11 is 0. The molecule has 0 rings (SSSR count). The van der Waals surface area contributed by atoms with E-state index in [1.54, 1.807) is 11.9 Å². The van der Waals surface area contributed by atoms with Gasteiger partial charge in [-0.1, -0.05) is 20.3 Å². The average Bonchev–Trinajstić information content (AvgIpc) is 2.13. The number of ether oxygens (including phenoxy) is 1. The van der Waals surface area contributed by atoms with Crippen LogP contribution in [0.15, 0.2) is 0 Å². The Morgan fingerprint density at radius 1 is 1.46 bits per heavy atom. The second-order valence-electron chi connectivity index (χ2n) is 3.42. The van der Waals surface area contributed by atoms with Crippen LogP contribution in [-0.2, 0) is 4.74 Å². The van der Waals surface area contributed by atoms with Gasteiger partial charge in [0.15, 0.2) is 0 Å². The lowest BCUT2D eigenvalue weighted by Crippen LogP contribution is -2.29. The van der Waals surface area contributed by atoms with Gasteiger partial charge in [-0.25, -0.2) is 4.79 Å². The third kappa shape index (κ3) is 5.50. The summed E-state index contributed by atoms with van der Waals surface area (Å²) in [5.41, 5.74) is 0. The van der Waals surface area contributed by atoms with Crippen molar-refractivity contribution in [2.45, 2.75) is 33.6 Å². The van der Waals surface area contributed by atoms with Gasteiger partial charge in [0.1, 0.15) is 0 Å². The minimum atomic E-state index is -0.217.